The maximum atomic E-state index is 10.1. The minimum absolute atomic E-state index is 0.244. The van der Waals surface area contributed by atoms with Crippen LogP contribution in [0.5, 0.6) is 0 Å². The van der Waals surface area contributed by atoms with Gasteiger partial charge in [-0.2, -0.15) is 0 Å². The van der Waals surface area contributed by atoms with E-state index in [0.717, 1.165) is 18.8 Å². The van der Waals surface area contributed by atoms with Gasteiger partial charge < -0.3 is 10.4 Å². The van der Waals surface area contributed by atoms with E-state index in [4.69, 9.17) is 4.99 Å². The topological polar surface area (TPSA) is 44.6 Å². The van der Waals surface area contributed by atoms with Gasteiger partial charge in [-0.05, 0) is 25.3 Å². The van der Waals surface area contributed by atoms with E-state index < -0.39 is 0 Å². The highest BCUT2D eigenvalue weighted by Gasteiger charge is 2.24. The molecule has 3 nitrogen and oxygen atoms in total. The van der Waals surface area contributed by atoms with E-state index in [-0.39, 0.29) is 17.6 Å². The highest BCUT2D eigenvalue weighted by Crippen LogP contribution is 2.25. The summed E-state index contributed by atoms with van der Waals surface area (Å²) < 4.78 is 0. The Bertz CT molecular complexity index is 439. The highest BCUT2D eigenvalue weighted by atomic mass is 16.3. The van der Waals surface area contributed by atoms with E-state index in [1.54, 1.807) is 0 Å². The van der Waals surface area contributed by atoms with Gasteiger partial charge in [0.05, 0.1) is 11.6 Å². The molecule has 1 aliphatic heterocycles. The van der Waals surface area contributed by atoms with E-state index in [1.165, 1.54) is 5.56 Å². The van der Waals surface area contributed by atoms with Crippen LogP contribution in [0.4, 0.5) is 0 Å². The van der Waals surface area contributed by atoms with Crippen molar-refractivity contribution in [2.75, 3.05) is 13.1 Å². The monoisotopic (exact) mass is 260 g/mol. The number of benzene rings is 1. The van der Waals surface area contributed by atoms with Gasteiger partial charge in [0.15, 0.2) is 0 Å². The fourth-order valence-corrected chi connectivity index (χ4v) is 2.49. The average Bonchev–Trinajstić information content (AvgIpc) is 2.52. The number of nitrogens with one attached hydrogen (secondary N) is 1. The van der Waals surface area contributed by atoms with Crippen LogP contribution in [0.2, 0.25) is 0 Å². The van der Waals surface area contributed by atoms with Gasteiger partial charge in [-0.1, -0.05) is 37.3 Å². The molecule has 2 atom stereocenters. The van der Waals surface area contributed by atoms with Crippen LogP contribution in [0.3, 0.4) is 0 Å². The molecule has 1 fully saturated rings. The van der Waals surface area contributed by atoms with Crippen LogP contribution in [-0.4, -0.2) is 30.0 Å². The van der Waals surface area contributed by atoms with Gasteiger partial charge >= 0.3 is 0 Å². The van der Waals surface area contributed by atoms with Gasteiger partial charge in [0.25, 0.3) is 0 Å². The fourth-order valence-electron chi connectivity index (χ4n) is 2.49. The summed E-state index contributed by atoms with van der Waals surface area (Å²) in [7, 11) is 0. The van der Waals surface area contributed by atoms with Crippen LogP contribution in [0.15, 0.2) is 35.3 Å². The molecule has 0 aliphatic carbocycles. The van der Waals surface area contributed by atoms with Gasteiger partial charge in [0.2, 0.25) is 0 Å². The largest absolute Gasteiger partial charge is 0.392 e. The van der Waals surface area contributed by atoms with Crippen LogP contribution < -0.4 is 5.32 Å². The first-order valence-corrected chi connectivity index (χ1v) is 7.01. The van der Waals surface area contributed by atoms with E-state index in [0.29, 0.717) is 6.42 Å². The molecule has 0 aromatic heterocycles. The Morgan fingerprint density at radius 2 is 1.95 bits per heavy atom. The summed E-state index contributed by atoms with van der Waals surface area (Å²) in [6.07, 6.45) is 0.380. The molecule has 104 valence electrons. The molecule has 0 saturated carbocycles. The summed E-state index contributed by atoms with van der Waals surface area (Å²) in [4.78, 5) is 4.88. The molecule has 0 radical (unpaired) electrons. The molecule has 2 unspecified atom stereocenters. The predicted octanol–water partition coefficient (Wildman–Crippen LogP) is 2.35. The Labute approximate surface area is 115 Å². The molecule has 1 saturated heterocycles. The van der Waals surface area contributed by atoms with Gasteiger partial charge in [0.1, 0.15) is 0 Å². The first-order chi connectivity index (χ1) is 8.99. The molecule has 1 aromatic rings. The molecule has 1 aromatic carbocycles. The lowest BCUT2D eigenvalue weighted by Crippen LogP contribution is -2.25. The molecule has 0 amide bonds. The van der Waals surface area contributed by atoms with Crippen molar-refractivity contribution in [3.8, 4) is 0 Å². The lowest BCUT2D eigenvalue weighted by atomic mass is 9.94. The molecule has 0 bridgehead atoms. The first-order valence-electron chi connectivity index (χ1n) is 7.01. The van der Waals surface area contributed by atoms with E-state index in [1.807, 2.05) is 18.2 Å². The number of hydrogen-bond donors (Lipinski definition) is 2. The Morgan fingerprint density at radius 3 is 2.63 bits per heavy atom. The third-order valence-corrected chi connectivity index (χ3v) is 3.81. The summed E-state index contributed by atoms with van der Waals surface area (Å²) in [5.41, 5.74) is 2.02. The van der Waals surface area contributed by atoms with Gasteiger partial charge in [0, 0.05) is 25.2 Å². The zero-order valence-electron chi connectivity index (χ0n) is 12.1. The summed E-state index contributed by atoms with van der Waals surface area (Å²) in [6.45, 7) is 7.94. The molecule has 1 heterocycles. The third kappa shape index (κ3) is 3.64. The average molecular weight is 260 g/mol. The second-order valence-electron chi connectivity index (χ2n) is 5.98. The zero-order valence-corrected chi connectivity index (χ0v) is 12.1. The summed E-state index contributed by atoms with van der Waals surface area (Å²) in [6, 6.07) is 10.3. The van der Waals surface area contributed by atoms with Gasteiger partial charge in [-0.25, -0.2) is 0 Å². The van der Waals surface area contributed by atoms with Crippen molar-refractivity contribution in [2.45, 2.75) is 38.8 Å². The number of aliphatic hydroxyl groups excluding tert-OH is 1. The minimum Gasteiger partial charge on any atom is -0.392 e. The van der Waals surface area contributed by atoms with E-state index >= 15 is 0 Å². The second kappa shape index (κ2) is 5.85. The van der Waals surface area contributed by atoms with Crippen LogP contribution in [0, 0.1) is 5.92 Å². The summed E-state index contributed by atoms with van der Waals surface area (Å²) in [5.74, 6) is 0.285. The van der Waals surface area contributed by atoms with Crippen molar-refractivity contribution < 1.29 is 5.11 Å². The molecule has 1 aliphatic rings. The van der Waals surface area contributed by atoms with Crippen LogP contribution in [-0.2, 0) is 5.54 Å². The first kappa shape index (κ1) is 14.2. The highest BCUT2D eigenvalue weighted by molar-refractivity contribution is 5.87. The number of nitrogens with zero attached hydrogens (tertiary/aromatic N) is 1. The maximum absolute atomic E-state index is 10.1. The Balaban J connectivity index is 2.19. The molecule has 19 heavy (non-hydrogen) atoms. The smallest absolute Gasteiger partial charge is 0.0800 e. The predicted molar refractivity (Wildman–Crippen MR) is 79.6 cm³/mol. The lowest BCUT2D eigenvalue weighted by molar-refractivity contribution is 0.127. The van der Waals surface area contributed by atoms with Crippen molar-refractivity contribution in [1.82, 2.24) is 5.32 Å². The summed E-state index contributed by atoms with van der Waals surface area (Å²) >= 11 is 0. The van der Waals surface area contributed by atoms with E-state index in [9.17, 15) is 5.11 Å². The Morgan fingerprint density at radius 1 is 1.26 bits per heavy atom. The molecule has 2 rings (SSSR count). The van der Waals surface area contributed by atoms with Gasteiger partial charge in [-0.15, -0.1) is 0 Å². The standard InChI is InChI=1S/C16H24N2O/c1-12-10-17-11-14(9-15(12)19)18-16(2,3)13-7-5-4-6-8-13/h4-8,12,15,17,19H,9-11H2,1-3H3/b18-14-. The molecular formula is C16H24N2O. The van der Waals surface area contributed by atoms with Gasteiger partial charge in [-0.3, -0.25) is 4.99 Å². The SMILES string of the molecule is CC1CNC/C(=N\C(C)(C)c2ccccc2)CC1O. The van der Waals surface area contributed by atoms with Crippen molar-refractivity contribution >= 4 is 5.71 Å². The van der Waals surface area contributed by atoms with Crippen molar-refractivity contribution in [3.05, 3.63) is 35.9 Å². The Kier molecular flexibility index (Phi) is 4.38. The molecule has 2 N–H and O–H groups in total. The van der Waals surface area contributed by atoms with E-state index in [2.05, 4.69) is 38.2 Å². The van der Waals surface area contributed by atoms with Crippen LogP contribution in [0.25, 0.3) is 0 Å². The van der Waals surface area contributed by atoms with Crippen molar-refractivity contribution in [2.24, 2.45) is 10.9 Å². The molecule has 0 spiro atoms. The quantitative estimate of drug-likeness (QED) is 0.857. The number of aliphatic hydroxyl groups is 1. The van der Waals surface area contributed by atoms with Crippen molar-refractivity contribution in [3.63, 3.8) is 0 Å². The lowest BCUT2D eigenvalue weighted by Gasteiger charge is -2.23. The molecular weight excluding hydrogens is 236 g/mol. The van der Waals surface area contributed by atoms with Crippen molar-refractivity contribution in [1.29, 1.82) is 0 Å². The third-order valence-electron chi connectivity index (χ3n) is 3.81. The van der Waals surface area contributed by atoms with Crippen LogP contribution in [0.1, 0.15) is 32.8 Å². The summed E-state index contributed by atoms with van der Waals surface area (Å²) in [5, 5.41) is 13.4. The number of rotatable bonds is 2. The molecule has 3 heteroatoms. The van der Waals surface area contributed by atoms with Crippen LogP contribution >= 0.6 is 0 Å². The zero-order chi connectivity index (χ0) is 13.9. The maximum Gasteiger partial charge on any atom is 0.0800 e. The number of aliphatic imine (C=N–C) groups is 1. The number of hydrogen-bond acceptors (Lipinski definition) is 3. The minimum atomic E-state index is -0.291. The fraction of sp³-hybridized carbons (Fsp3) is 0.562. The Hall–Kier alpha value is -1.19. The second-order valence-corrected chi connectivity index (χ2v) is 5.98. The normalized spacial score (nSPS) is 27.3.